The lowest BCUT2D eigenvalue weighted by atomic mass is 10.3. The van der Waals surface area contributed by atoms with Gasteiger partial charge in [-0.25, -0.2) is 18.5 Å². The van der Waals surface area contributed by atoms with Gasteiger partial charge in [0.15, 0.2) is 5.03 Å². The molecule has 0 fully saturated rings. The molecule has 2 N–H and O–H groups in total. The minimum absolute atomic E-state index is 0.131. The largest absolute Gasteiger partial charge is 0.330 e. The standard InChI is InChI=1S/C11H17N5O2S/c1-3-9(2)16-5-4-10(14-16)6-15-7-11(13-8-15)19(12,17)18/h4-5,7-9H,3,6H2,1-2H3,(H2,12,17,18). The molecule has 0 radical (unpaired) electrons. The monoisotopic (exact) mass is 283 g/mol. The van der Waals surface area contributed by atoms with Crippen LogP contribution in [-0.4, -0.2) is 27.7 Å². The van der Waals surface area contributed by atoms with E-state index in [-0.39, 0.29) is 5.03 Å². The van der Waals surface area contributed by atoms with Gasteiger partial charge in [0.25, 0.3) is 10.0 Å². The lowest BCUT2D eigenvalue weighted by Gasteiger charge is -2.08. The molecule has 0 aliphatic rings. The molecule has 104 valence electrons. The van der Waals surface area contributed by atoms with Crippen molar-refractivity contribution in [1.82, 2.24) is 19.3 Å². The number of primary sulfonamides is 1. The van der Waals surface area contributed by atoms with Crippen molar-refractivity contribution in [3.63, 3.8) is 0 Å². The third kappa shape index (κ3) is 3.21. The summed E-state index contributed by atoms with van der Waals surface area (Å²) in [5.74, 6) is 0. The van der Waals surface area contributed by atoms with Crippen molar-refractivity contribution >= 4 is 10.0 Å². The summed E-state index contributed by atoms with van der Waals surface area (Å²) in [6, 6.07) is 2.25. The molecule has 8 heteroatoms. The highest BCUT2D eigenvalue weighted by atomic mass is 32.2. The Balaban J connectivity index is 2.13. The van der Waals surface area contributed by atoms with Crippen LogP contribution >= 0.6 is 0 Å². The van der Waals surface area contributed by atoms with Gasteiger partial charge in [-0.2, -0.15) is 5.10 Å². The average Bonchev–Trinajstić information content (AvgIpc) is 2.97. The number of hydrogen-bond acceptors (Lipinski definition) is 4. The van der Waals surface area contributed by atoms with Crippen molar-refractivity contribution in [2.75, 3.05) is 0 Å². The van der Waals surface area contributed by atoms with Gasteiger partial charge in [-0.15, -0.1) is 0 Å². The van der Waals surface area contributed by atoms with E-state index in [2.05, 4.69) is 23.9 Å². The zero-order chi connectivity index (χ0) is 14.0. The zero-order valence-electron chi connectivity index (χ0n) is 10.9. The summed E-state index contributed by atoms with van der Waals surface area (Å²) in [6.07, 6.45) is 5.75. The third-order valence-corrected chi connectivity index (χ3v) is 3.75. The number of sulfonamides is 1. The molecule has 2 aromatic rings. The molecule has 1 unspecified atom stereocenters. The predicted octanol–water partition coefficient (Wildman–Crippen LogP) is 0.746. The van der Waals surface area contributed by atoms with Gasteiger partial charge in [0.2, 0.25) is 0 Å². The van der Waals surface area contributed by atoms with Crippen LogP contribution in [-0.2, 0) is 16.6 Å². The van der Waals surface area contributed by atoms with E-state index < -0.39 is 10.0 Å². The Hall–Kier alpha value is -1.67. The summed E-state index contributed by atoms with van der Waals surface area (Å²) in [4.78, 5) is 3.76. The van der Waals surface area contributed by atoms with E-state index in [1.807, 2.05) is 16.9 Å². The molecule has 0 aliphatic carbocycles. The van der Waals surface area contributed by atoms with Gasteiger partial charge < -0.3 is 4.57 Å². The number of rotatable bonds is 5. The fourth-order valence-electron chi connectivity index (χ4n) is 1.65. The second kappa shape index (κ2) is 5.14. The van der Waals surface area contributed by atoms with E-state index in [0.29, 0.717) is 12.6 Å². The topological polar surface area (TPSA) is 95.8 Å². The van der Waals surface area contributed by atoms with Gasteiger partial charge in [0.1, 0.15) is 0 Å². The number of nitrogens with two attached hydrogens (primary N) is 1. The first-order valence-electron chi connectivity index (χ1n) is 5.98. The van der Waals surface area contributed by atoms with E-state index in [0.717, 1.165) is 12.1 Å². The van der Waals surface area contributed by atoms with Gasteiger partial charge in [0.05, 0.1) is 18.6 Å². The van der Waals surface area contributed by atoms with Crippen molar-refractivity contribution < 1.29 is 8.42 Å². The molecule has 2 heterocycles. The molecular formula is C11H17N5O2S. The van der Waals surface area contributed by atoms with Crippen LogP contribution in [0.3, 0.4) is 0 Å². The second-order valence-electron chi connectivity index (χ2n) is 4.47. The second-order valence-corrected chi connectivity index (χ2v) is 5.98. The fourth-order valence-corrected chi connectivity index (χ4v) is 2.13. The maximum Gasteiger partial charge on any atom is 0.257 e. The first-order valence-corrected chi connectivity index (χ1v) is 7.53. The molecular weight excluding hydrogens is 266 g/mol. The van der Waals surface area contributed by atoms with Crippen LogP contribution in [0.1, 0.15) is 32.0 Å². The van der Waals surface area contributed by atoms with Gasteiger partial charge >= 0.3 is 0 Å². The Kier molecular flexibility index (Phi) is 3.72. The Morgan fingerprint density at radius 1 is 1.47 bits per heavy atom. The van der Waals surface area contributed by atoms with Gasteiger partial charge in [-0.1, -0.05) is 6.92 Å². The normalized spacial score (nSPS) is 13.6. The SMILES string of the molecule is CCC(C)n1ccc(Cn2cnc(S(N)(=O)=O)c2)n1. The first-order chi connectivity index (χ1) is 8.90. The first kappa shape index (κ1) is 13.8. The van der Waals surface area contributed by atoms with Crippen molar-refractivity contribution in [3.05, 3.63) is 30.5 Å². The molecule has 2 rings (SSSR count). The molecule has 1 atom stereocenters. The number of imidazole rings is 1. The van der Waals surface area contributed by atoms with Crippen LogP contribution in [0.5, 0.6) is 0 Å². The van der Waals surface area contributed by atoms with Crippen LogP contribution in [0, 0.1) is 0 Å². The highest BCUT2D eigenvalue weighted by Crippen LogP contribution is 2.10. The molecule has 2 aromatic heterocycles. The van der Waals surface area contributed by atoms with E-state index in [9.17, 15) is 8.42 Å². The molecule has 0 spiro atoms. The Labute approximate surface area is 112 Å². The van der Waals surface area contributed by atoms with Gasteiger partial charge in [-0.05, 0) is 19.4 Å². The average molecular weight is 283 g/mol. The maximum absolute atomic E-state index is 11.1. The summed E-state index contributed by atoms with van der Waals surface area (Å²) in [6.45, 7) is 4.65. The Morgan fingerprint density at radius 2 is 2.21 bits per heavy atom. The summed E-state index contributed by atoms with van der Waals surface area (Å²) in [5, 5.41) is 9.31. The van der Waals surface area contributed by atoms with Crippen LogP contribution in [0.2, 0.25) is 0 Å². The lowest BCUT2D eigenvalue weighted by Crippen LogP contribution is -2.12. The summed E-state index contributed by atoms with van der Waals surface area (Å²) in [7, 11) is -3.74. The minimum Gasteiger partial charge on any atom is -0.330 e. The molecule has 0 amide bonds. The zero-order valence-corrected chi connectivity index (χ0v) is 11.7. The fraction of sp³-hybridized carbons (Fsp3) is 0.455. The Bertz CT molecular complexity index is 658. The van der Waals surface area contributed by atoms with E-state index in [1.165, 1.54) is 12.5 Å². The van der Waals surface area contributed by atoms with E-state index in [1.54, 1.807) is 4.57 Å². The number of aromatic nitrogens is 4. The molecule has 19 heavy (non-hydrogen) atoms. The highest BCUT2D eigenvalue weighted by molar-refractivity contribution is 7.89. The van der Waals surface area contributed by atoms with Gasteiger partial charge in [0, 0.05) is 18.4 Å². The molecule has 0 aromatic carbocycles. The van der Waals surface area contributed by atoms with Crippen molar-refractivity contribution in [2.24, 2.45) is 5.14 Å². The van der Waals surface area contributed by atoms with Crippen LogP contribution in [0.15, 0.2) is 29.8 Å². The van der Waals surface area contributed by atoms with Crippen LogP contribution in [0.25, 0.3) is 0 Å². The third-order valence-electron chi connectivity index (χ3n) is 2.95. The minimum atomic E-state index is -3.74. The molecule has 0 saturated heterocycles. The Morgan fingerprint density at radius 3 is 2.79 bits per heavy atom. The van der Waals surface area contributed by atoms with Gasteiger partial charge in [-0.3, -0.25) is 4.68 Å². The molecule has 7 nitrogen and oxygen atoms in total. The van der Waals surface area contributed by atoms with E-state index in [4.69, 9.17) is 5.14 Å². The maximum atomic E-state index is 11.1. The van der Waals surface area contributed by atoms with Crippen LogP contribution in [0.4, 0.5) is 0 Å². The number of nitrogens with zero attached hydrogens (tertiary/aromatic N) is 4. The number of hydrogen-bond donors (Lipinski definition) is 1. The molecule has 0 aliphatic heterocycles. The lowest BCUT2D eigenvalue weighted by molar-refractivity contribution is 0.472. The van der Waals surface area contributed by atoms with Crippen molar-refractivity contribution in [3.8, 4) is 0 Å². The summed E-state index contributed by atoms with van der Waals surface area (Å²) in [5.41, 5.74) is 0.846. The smallest absolute Gasteiger partial charge is 0.257 e. The molecule has 0 saturated carbocycles. The van der Waals surface area contributed by atoms with E-state index >= 15 is 0 Å². The van der Waals surface area contributed by atoms with Crippen molar-refractivity contribution in [1.29, 1.82) is 0 Å². The molecule has 0 bridgehead atoms. The highest BCUT2D eigenvalue weighted by Gasteiger charge is 2.12. The van der Waals surface area contributed by atoms with Crippen molar-refractivity contribution in [2.45, 2.75) is 37.9 Å². The quantitative estimate of drug-likeness (QED) is 0.875. The predicted molar refractivity (Wildman–Crippen MR) is 69.9 cm³/mol. The summed E-state index contributed by atoms with van der Waals surface area (Å²) >= 11 is 0. The van der Waals surface area contributed by atoms with Crippen LogP contribution < -0.4 is 5.14 Å². The summed E-state index contributed by atoms with van der Waals surface area (Å²) < 4.78 is 25.8.